The second kappa shape index (κ2) is 5.34. The summed E-state index contributed by atoms with van der Waals surface area (Å²) in [7, 11) is 1.42. The highest BCUT2D eigenvalue weighted by molar-refractivity contribution is 5.92. The van der Waals surface area contributed by atoms with Gasteiger partial charge in [-0.3, -0.25) is 4.99 Å². The monoisotopic (exact) mass is 225 g/mol. The molecule has 4 nitrogen and oxygen atoms in total. The van der Waals surface area contributed by atoms with Crippen molar-refractivity contribution in [1.82, 2.24) is 0 Å². The first-order valence-corrected chi connectivity index (χ1v) is 4.96. The number of ether oxygens (including phenoxy) is 1. The number of anilines is 1. The third-order valence-electron chi connectivity index (χ3n) is 1.82. The molecule has 0 aliphatic carbocycles. The fraction of sp³-hybridized carbons (Fsp3) is 0.364. The van der Waals surface area contributed by atoms with Crippen molar-refractivity contribution < 1.29 is 9.13 Å². The van der Waals surface area contributed by atoms with Crippen molar-refractivity contribution in [2.24, 2.45) is 10.7 Å². The van der Waals surface area contributed by atoms with Crippen molar-refractivity contribution in [3.05, 3.63) is 24.0 Å². The second-order valence-electron chi connectivity index (χ2n) is 3.58. The van der Waals surface area contributed by atoms with E-state index in [0.717, 1.165) is 0 Å². The van der Waals surface area contributed by atoms with Gasteiger partial charge in [0.15, 0.2) is 17.5 Å². The van der Waals surface area contributed by atoms with Gasteiger partial charge in [-0.1, -0.05) is 0 Å². The number of methoxy groups -OCH3 is 1. The molecule has 0 heterocycles. The molecule has 1 aromatic carbocycles. The molecule has 0 unspecified atom stereocenters. The molecule has 1 rings (SSSR count). The lowest BCUT2D eigenvalue weighted by atomic mass is 10.3. The fourth-order valence-electron chi connectivity index (χ4n) is 1.20. The van der Waals surface area contributed by atoms with Crippen LogP contribution in [-0.2, 0) is 0 Å². The Hall–Kier alpha value is -1.78. The van der Waals surface area contributed by atoms with Gasteiger partial charge in [-0.15, -0.1) is 0 Å². The quantitative estimate of drug-likeness (QED) is 0.610. The molecule has 16 heavy (non-hydrogen) atoms. The molecule has 1 aromatic rings. The van der Waals surface area contributed by atoms with Crippen LogP contribution in [0.2, 0.25) is 0 Å². The van der Waals surface area contributed by atoms with Gasteiger partial charge in [-0.05, 0) is 26.0 Å². The summed E-state index contributed by atoms with van der Waals surface area (Å²) in [6.45, 7) is 3.81. The smallest absolute Gasteiger partial charge is 0.193 e. The van der Waals surface area contributed by atoms with E-state index in [0.29, 0.717) is 5.69 Å². The minimum absolute atomic E-state index is 0.0931. The van der Waals surface area contributed by atoms with Crippen LogP contribution in [-0.4, -0.2) is 19.1 Å². The minimum atomic E-state index is -0.440. The lowest BCUT2D eigenvalue weighted by molar-refractivity contribution is 0.387. The first kappa shape index (κ1) is 12.3. The summed E-state index contributed by atoms with van der Waals surface area (Å²) in [5.74, 6) is 0.0225. The van der Waals surface area contributed by atoms with Crippen LogP contribution in [0.25, 0.3) is 0 Å². The van der Waals surface area contributed by atoms with Crippen LogP contribution < -0.4 is 15.8 Å². The Morgan fingerprint density at radius 2 is 2.19 bits per heavy atom. The maximum Gasteiger partial charge on any atom is 0.193 e. The Balaban J connectivity index is 2.79. The fourth-order valence-corrected chi connectivity index (χ4v) is 1.20. The van der Waals surface area contributed by atoms with E-state index >= 15 is 0 Å². The highest BCUT2D eigenvalue weighted by Gasteiger charge is 2.04. The van der Waals surface area contributed by atoms with Gasteiger partial charge in [0.2, 0.25) is 0 Å². The molecule has 0 aliphatic heterocycles. The Bertz CT molecular complexity index is 391. The number of guanidine groups is 1. The van der Waals surface area contributed by atoms with E-state index in [1.165, 1.54) is 19.2 Å². The van der Waals surface area contributed by atoms with Crippen LogP contribution in [0.1, 0.15) is 13.8 Å². The van der Waals surface area contributed by atoms with Gasteiger partial charge in [0.1, 0.15) is 0 Å². The van der Waals surface area contributed by atoms with Crippen LogP contribution in [0.15, 0.2) is 23.2 Å². The summed E-state index contributed by atoms with van der Waals surface area (Å²) >= 11 is 0. The van der Waals surface area contributed by atoms with Gasteiger partial charge in [-0.25, -0.2) is 4.39 Å². The number of aliphatic imine (C=N–C) groups is 1. The molecule has 0 atom stereocenters. The topological polar surface area (TPSA) is 59.6 Å². The van der Waals surface area contributed by atoms with Crippen LogP contribution in [0, 0.1) is 5.82 Å². The van der Waals surface area contributed by atoms with Crippen molar-refractivity contribution in [2.45, 2.75) is 19.9 Å². The van der Waals surface area contributed by atoms with Gasteiger partial charge in [0, 0.05) is 17.8 Å². The van der Waals surface area contributed by atoms with Crippen LogP contribution in [0.4, 0.5) is 10.1 Å². The molecule has 0 aromatic heterocycles. The molecule has 0 amide bonds. The van der Waals surface area contributed by atoms with E-state index in [9.17, 15) is 4.39 Å². The zero-order valence-electron chi connectivity index (χ0n) is 9.62. The Morgan fingerprint density at radius 3 is 2.69 bits per heavy atom. The summed E-state index contributed by atoms with van der Waals surface area (Å²) in [5.41, 5.74) is 6.15. The predicted octanol–water partition coefficient (Wildman–Crippen LogP) is 1.97. The Labute approximate surface area is 94.3 Å². The summed E-state index contributed by atoms with van der Waals surface area (Å²) < 4.78 is 18.1. The molecule has 0 saturated heterocycles. The SMILES string of the molecule is COc1ccc(NC(N)=NC(C)C)cc1F. The lowest BCUT2D eigenvalue weighted by Crippen LogP contribution is -2.24. The Kier molecular flexibility index (Phi) is 4.10. The second-order valence-corrected chi connectivity index (χ2v) is 3.58. The van der Waals surface area contributed by atoms with Gasteiger partial charge in [0.05, 0.1) is 7.11 Å². The molecular formula is C11H16FN3O. The molecule has 0 aliphatic rings. The van der Waals surface area contributed by atoms with Crippen LogP contribution in [0.5, 0.6) is 5.75 Å². The standard InChI is InChI=1S/C11H16FN3O/c1-7(2)14-11(13)15-8-4-5-10(16-3)9(12)6-8/h4-7H,1-3H3,(H3,13,14,15). The van der Waals surface area contributed by atoms with E-state index in [2.05, 4.69) is 10.3 Å². The van der Waals surface area contributed by atoms with Gasteiger partial charge in [0.25, 0.3) is 0 Å². The number of hydrogen-bond donors (Lipinski definition) is 2. The highest BCUT2D eigenvalue weighted by atomic mass is 19.1. The molecule has 0 radical (unpaired) electrons. The molecular weight excluding hydrogens is 209 g/mol. The van der Waals surface area contributed by atoms with E-state index in [-0.39, 0.29) is 17.8 Å². The maximum atomic E-state index is 13.3. The van der Waals surface area contributed by atoms with Crippen molar-refractivity contribution in [2.75, 3.05) is 12.4 Å². The molecule has 0 spiro atoms. The number of nitrogens with two attached hydrogens (primary N) is 1. The number of halogens is 1. The normalized spacial score (nSPS) is 11.7. The van der Waals surface area contributed by atoms with Crippen molar-refractivity contribution >= 4 is 11.6 Å². The Morgan fingerprint density at radius 1 is 1.50 bits per heavy atom. The maximum absolute atomic E-state index is 13.3. The molecule has 0 bridgehead atoms. The molecule has 5 heteroatoms. The van der Waals surface area contributed by atoms with Crippen molar-refractivity contribution in [1.29, 1.82) is 0 Å². The third kappa shape index (κ3) is 3.42. The molecule has 3 N–H and O–H groups in total. The highest BCUT2D eigenvalue weighted by Crippen LogP contribution is 2.20. The zero-order valence-corrected chi connectivity index (χ0v) is 9.62. The summed E-state index contributed by atoms with van der Waals surface area (Å²) in [6, 6.07) is 4.60. The number of benzene rings is 1. The average Bonchev–Trinajstić information content (AvgIpc) is 2.16. The predicted molar refractivity (Wildman–Crippen MR) is 63.3 cm³/mol. The zero-order chi connectivity index (χ0) is 12.1. The average molecular weight is 225 g/mol. The van der Waals surface area contributed by atoms with Gasteiger partial charge < -0.3 is 15.8 Å². The molecule has 0 fully saturated rings. The van der Waals surface area contributed by atoms with Gasteiger partial charge in [-0.2, -0.15) is 0 Å². The van der Waals surface area contributed by atoms with Gasteiger partial charge >= 0.3 is 0 Å². The van der Waals surface area contributed by atoms with Crippen LogP contribution >= 0.6 is 0 Å². The van der Waals surface area contributed by atoms with E-state index in [1.54, 1.807) is 6.07 Å². The summed E-state index contributed by atoms with van der Waals surface area (Å²) in [5, 5.41) is 2.80. The van der Waals surface area contributed by atoms with Crippen molar-refractivity contribution in [3.63, 3.8) is 0 Å². The van der Waals surface area contributed by atoms with E-state index < -0.39 is 5.82 Å². The first-order valence-electron chi connectivity index (χ1n) is 4.96. The number of rotatable bonds is 3. The lowest BCUT2D eigenvalue weighted by Gasteiger charge is -2.08. The first-order chi connectivity index (χ1) is 7.52. The van der Waals surface area contributed by atoms with Crippen LogP contribution in [0.3, 0.4) is 0 Å². The van der Waals surface area contributed by atoms with Crippen molar-refractivity contribution in [3.8, 4) is 5.75 Å². The number of nitrogens with one attached hydrogen (secondary N) is 1. The molecule has 88 valence electrons. The molecule has 0 saturated carbocycles. The summed E-state index contributed by atoms with van der Waals surface area (Å²) in [4.78, 5) is 4.07. The minimum Gasteiger partial charge on any atom is -0.494 e. The van der Waals surface area contributed by atoms with E-state index in [1.807, 2.05) is 13.8 Å². The third-order valence-corrected chi connectivity index (χ3v) is 1.82. The van der Waals surface area contributed by atoms with E-state index in [4.69, 9.17) is 10.5 Å². The number of hydrogen-bond acceptors (Lipinski definition) is 2. The largest absolute Gasteiger partial charge is 0.494 e. The number of nitrogens with zero attached hydrogens (tertiary/aromatic N) is 1. The summed E-state index contributed by atoms with van der Waals surface area (Å²) in [6.07, 6.45) is 0.